The van der Waals surface area contributed by atoms with Crippen LogP contribution in [-0.4, -0.2) is 82.6 Å². The SMILES string of the molecule is CN(C)c1cc(O)c2c(c1)C[C@H]1C[C@H]3[C@H](N(C)C)C(O)=C(C(N)=O)C(=O)[C@@]3(O)C(O)=C1C2=O. The molecule has 0 radical (unpaired) electrons. The van der Waals surface area contributed by atoms with Crippen LogP contribution >= 0.6 is 0 Å². The van der Waals surface area contributed by atoms with Gasteiger partial charge < -0.3 is 31.1 Å². The molecule has 1 amide bonds. The van der Waals surface area contributed by atoms with Crippen LogP contribution in [0, 0.1) is 11.8 Å². The number of aliphatic hydroxyl groups excluding tert-OH is 2. The Morgan fingerprint density at radius 2 is 1.76 bits per heavy atom. The molecule has 1 aromatic rings. The van der Waals surface area contributed by atoms with Gasteiger partial charge in [-0.1, -0.05) is 0 Å². The van der Waals surface area contributed by atoms with Gasteiger partial charge in [-0.15, -0.1) is 0 Å². The first-order valence-electron chi connectivity index (χ1n) is 10.5. The van der Waals surface area contributed by atoms with Crippen LogP contribution in [0.1, 0.15) is 22.3 Å². The fourth-order valence-electron chi connectivity index (χ4n) is 5.52. The second-order valence-corrected chi connectivity index (χ2v) is 9.36. The van der Waals surface area contributed by atoms with Gasteiger partial charge >= 0.3 is 0 Å². The molecule has 0 saturated heterocycles. The Morgan fingerprint density at radius 3 is 2.30 bits per heavy atom. The molecule has 3 aliphatic carbocycles. The topological polar surface area (TPSA) is 165 Å². The van der Waals surface area contributed by atoms with Crippen LogP contribution in [-0.2, 0) is 16.0 Å². The van der Waals surface area contributed by atoms with E-state index in [0.29, 0.717) is 11.3 Å². The second-order valence-electron chi connectivity index (χ2n) is 9.36. The van der Waals surface area contributed by atoms with Gasteiger partial charge in [-0.25, -0.2) is 0 Å². The molecule has 3 aliphatic rings. The molecule has 10 nitrogen and oxygen atoms in total. The number of nitrogens with zero attached hydrogens (tertiary/aromatic N) is 2. The summed E-state index contributed by atoms with van der Waals surface area (Å²) >= 11 is 0. The van der Waals surface area contributed by atoms with Crippen molar-refractivity contribution < 1.29 is 34.8 Å². The molecule has 10 heteroatoms. The van der Waals surface area contributed by atoms with E-state index in [0.717, 1.165) is 0 Å². The minimum Gasteiger partial charge on any atom is -0.510 e. The number of ketones is 2. The number of allylic oxidation sites excluding steroid dienone is 1. The summed E-state index contributed by atoms with van der Waals surface area (Å²) in [5.41, 5.74) is 2.98. The largest absolute Gasteiger partial charge is 0.510 e. The number of phenols is 1. The monoisotopic (exact) mass is 457 g/mol. The first-order chi connectivity index (χ1) is 15.3. The summed E-state index contributed by atoms with van der Waals surface area (Å²) in [6, 6.07) is 2.20. The Labute approximate surface area is 190 Å². The Bertz CT molecular complexity index is 1170. The van der Waals surface area contributed by atoms with Gasteiger partial charge in [0, 0.05) is 37.3 Å². The third kappa shape index (κ3) is 2.97. The number of primary amides is 1. The molecular formula is C23H27N3O7. The summed E-state index contributed by atoms with van der Waals surface area (Å²) < 4.78 is 0. The summed E-state index contributed by atoms with van der Waals surface area (Å²) in [5, 5.41) is 44.0. The predicted octanol–water partition coefficient (Wildman–Crippen LogP) is 0.187. The molecule has 0 aromatic heterocycles. The molecule has 1 aromatic carbocycles. The Balaban J connectivity index is 1.94. The molecule has 6 N–H and O–H groups in total. The van der Waals surface area contributed by atoms with Crippen LogP contribution in [0.15, 0.2) is 34.8 Å². The Hall–Kier alpha value is -3.37. The molecule has 4 rings (SSSR count). The lowest BCUT2D eigenvalue weighted by molar-refractivity contribution is -0.148. The number of hydrogen-bond acceptors (Lipinski definition) is 9. The summed E-state index contributed by atoms with van der Waals surface area (Å²) in [6.07, 6.45) is 0.336. The summed E-state index contributed by atoms with van der Waals surface area (Å²) in [6.45, 7) is 0. The Kier molecular flexibility index (Phi) is 5.06. The number of anilines is 1. The van der Waals surface area contributed by atoms with E-state index in [1.165, 1.54) is 11.0 Å². The average Bonchev–Trinajstić information content (AvgIpc) is 2.69. The summed E-state index contributed by atoms with van der Waals surface area (Å²) in [4.78, 5) is 41.8. The minimum atomic E-state index is -2.62. The van der Waals surface area contributed by atoms with E-state index in [9.17, 15) is 34.8 Å². The lowest BCUT2D eigenvalue weighted by atomic mass is 9.58. The van der Waals surface area contributed by atoms with Crippen molar-refractivity contribution in [3.8, 4) is 5.75 Å². The number of Topliss-reactive ketones (excluding diaryl/α,β-unsaturated/α-hetero) is 2. The first kappa shape index (κ1) is 22.8. The average molecular weight is 457 g/mol. The van der Waals surface area contributed by atoms with Gasteiger partial charge in [0.15, 0.2) is 11.4 Å². The second kappa shape index (κ2) is 7.32. The molecule has 0 bridgehead atoms. The third-order valence-corrected chi connectivity index (χ3v) is 7.03. The zero-order chi connectivity index (χ0) is 24.6. The van der Waals surface area contributed by atoms with E-state index in [4.69, 9.17) is 5.73 Å². The first-order valence-corrected chi connectivity index (χ1v) is 10.5. The summed E-state index contributed by atoms with van der Waals surface area (Å²) in [5.74, 6) is -6.51. The number of aromatic hydroxyl groups is 1. The number of likely N-dealkylation sites (N-methyl/N-ethyl adjacent to an activating group) is 1. The molecule has 0 fully saturated rings. The number of hydrogen-bond donors (Lipinski definition) is 5. The highest BCUT2D eigenvalue weighted by atomic mass is 16.3. The van der Waals surface area contributed by atoms with Gasteiger partial charge in [0.2, 0.25) is 5.78 Å². The number of carbonyl (C=O) groups excluding carboxylic acids is 3. The molecule has 0 heterocycles. The number of amides is 1. The number of benzene rings is 1. The van der Waals surface area contributed by atoms with E-state index < -0.39 is 58.0 Å². The maximum absolute atomic E-state index is 13.4. The minimum absolute atomic E-state index is 0.00128. The number of phenolic OH excluding ortho intramolecular Hbond substituents is 1. The van der Waals surface area contributed by atoms with Gasteiger partial charge in [0.05, 0.1) is 11.6 Å². The lowest BCUT2D eigenvalue weighted by Gasteiger charge is -2.50. The van der Waals surface area contributed by atoms with Crippen molar-refractivity contribution in [2.45, 2.75) is 24.5 Å². The normalized spacial score (nSPS) is 29.1. The van der Waals surface area contributed by atoms with E-state index in [1.54, 1.807) is 39.2 Å². The van der Waals surface area contributed by atoms with Crippen molar-refractivity contribution in [3.63, 3.8) is 0 Å². The zero-order valence-corrected chi connectivity index (χ0v) is 18.8. The van der Waals surface area contributed by atoms with Crippen LogP contribution in [0.5, 0.6) is 5.75 Å². The molecule has 0 saturated carbocycles. The Morgan fingerprint density at radius 1 is 1.12 bits per heavy atom. The fraction of sp³-hybridized carbons (Fsp3) is 0.435. The number of carbonyl (C=O) groups is 3. The van der Waals surface area contributed by atoms with Crippen molar-refractivity contribution >= 4 is 23.2 Å². The predicted molar refractivity (Wildman–Crippen MR) is 118 cm³/mol. The van der Waals surface area contributed by atoms with Crippen molar-refractivity contribution in [2.24, 2.45) is 17.6 Å². The van der Waals surface area contributed by atoms with Crippen molar-refractivity contribution in [1.29, 1.82) is 0 Å². The summed E-state index contributed by atoms with van der Waals surface area (Å²) in [7, 11) is 6.78. The number of fused-ring (bicyclic) bond motifs is 3. The van der Waals surface area contributed by atoms with Crippen LogP contribution in [0.2, 0.25) is 0 Å². The zero-order valence-electron chi connectivity index (χ0n) is 18.8. The van der Waals surface area contributed by atoms with E-state index in [1.807, 2.05) is 0 Å². The van der Waals surface area contributed by atoms with Crippen molar-refractivity contribution in [3.05, 3.63) is 45.9 Å². The van der Waals surface area contributed by atoms with Crippen molar-refractivity contribution in [1.82, 2.24) is 4.90 Å². The standard InChI is InChI=1S/C23H27N3O7/c1-25(2)11-6-9-5-10-7-12-17(26(3)4)19(29)16(22(24)32)21(31)23(12,33)20(30)15(10)18(28)14(9)13(27)8-11/h6,8,10,12,17,27,29-30,33H,5,7H2,1-4H3,(H2,24,32)/t10-,12-,17-,23-/m0/s1. The maximum atomic E-state index is 13.4. The van der Waals surface area contributed by atoms with Crippen LogP contribution in [0.4, 0.5) is 5.69 Å². The third-order valence-electron chi connectivity index (χ3n) is 7.03. The van der Waals surface area contributed by atoms with Crippen LogP contribution < -0.4 is 10.6 Å². The van der Waals surface area contributed by atoms with Crippen LogP contribution in [0.3, 0.4) is 0 Å². The molecular weight excluding hydrogens is 430 g/mol. The van der Waals surface area contributed by atoms with E-state index in [2.05, 4.69) is 0 Å². The van der Waals surface area contributed by atoms with Gasteiger partial charge in [0.1, 0.15) is 22.8 Å². The smallest absolute Gasteiger partial charge is 0.255 e. The quantitative estimate of drug-likeness (QED) is 0.398. The molecule has 4 atom stereocenters. The van der Waals surface area contributed by atoms with Crippen molar-refractivity contribution in [2.75, 3.05) is 33.1 Å². The lowest BCUT2D eigenvalue weighted by Crippen LogP contribution is -2.63. The van der Waals surface area contributed by atoms with E-state index in [-0.39, 0.29) is 29.7 Å². The van der Waals surface area contributed by atoms with Gasteiger partial charge in [-0.2, -0.15) is 0 Å². The highest BCUT2D eigenvalue weighted by Crippen LogP contribution is 2.52. The van der Waals surface area contributed by atoms with E-state index >= 15 is 0 Å². The van der Waals surface area contributed by atoms with Gasteiger partial charge in [-0.05, 0) is 44.5 Å². The number of nitrogens with two attached hydrogens (primary N) is 1. The maximum Gasteiger partial charge on any atom is 0.255 e. The highest BCUT2D eigenvalue weighted by molar-refractivity contribution is 6.24. The molecule has 0 unspecified atom stereocenters. The van der Waals surface area contributed by atoms with Crippen LogP contribution in [0.25, 0.3) is 0 Å². The highest BCUT2D eigenvalue weighted by Gasteiger charge is 2.63. The van der Waals surface area contributed by atoms with Gasteiger partial charge in [0.25, 0.3) is 5.91 Å². The number of rotatable bonds is 3. The molecule has 0 spiro atoms. The molecule has 176 valence electrons. The molecule has 0 aliphatic heterocycles. The van der Waals surface area contributed by atoms with Gasteiger partial charge in [-0.3, -0.25) is 19.3 Å². The number of aliphatic hydroxyl groups is 3. The fourth-order valence-corrected chi connectivity index (χ4v) is 5.52. The molecule has 33 heavy (non-hydrogen) atoms.